The molecular formula is C21H26BrF3N6O2. The van der Waals surface area contributed by atoms with Crippen molar-refractivity contribution in [2.45, 2.75) is 51.2 Å². The Balaban J connectivity index is 1.68. The van der Waals surface area contributed by atoms with E-state index in [1.165, 1.54) is 0 Å². The molecule has 3 rings (SSSR count). The fraction of sp³-hybridized carbons (Fsp3) is 0.524. The van der Waals surface area contributed by atoms with Gasteiger partial charge in [0.15, 0.2) is 0 Å². The molecule has 1 aliphatic rings. The number of hydrogen-bond acceptors (Lipinski definition) is 7. The molecule has 180 valence electrons. The molecular weight excluding hydrogens is 505 g/mol. The van der Waals surface area contributed by atoms with Crippen LogP contribution in [0.1, 0.15) is 42.5 Å². The van der Waals surface area contributed by atoms with Crippen LogP contribution in [0.3, 0.4) is 0 Å². The van der Waals surface area contributed by atoms with Gasteiger partial charge in [0, 0.05) is 23.5 Å². The summed E-state index contributed by atoms with van der Waals surface area (Å²) in [7, 11) is 0. The maximum Gasteiger partial charge on any atom is 0.401 e. The molecule has 12 heteroatoms. The van der Waals surface area contributed by atoms with Gasteiger partial charge in [-0.05, 0) is 55.7 Å². The Labute approximate surface area is 197 Å². The predicted octanol–water partition coefficient (Wildman–Crippen LogP) is 4.75. The number of nitrogens with two attached hydrogens (primary N) is 1. The number of benzene rings is 1. The van der Waals surface area contributed by atoms with Gasteiger partial charge in [0.2, 0.25) is 11.8 Å². The molecule has 1 saturated carbocycles. The lowest BCUT2D eigenvalue weighted by Gasteiger charge is -2.29. The van der Waals surface area contributed by atoms with E-state index in [4.69, 9.17) is 5.73 Å². The minimum Gasteiger partial charge on any atom is -0.368 e. The van der Waals surface area contributed by atoms with Gasteiger partial charge in [-0.25, -0.2) is 4.98 Å². The molecule has 0 atom stereocenters. The lowest BCUT2D eigenvalue weighted by Crippen LogP contribution is -2.39. The molecule has 0 saturated heterocycles. The fourth-order valence-electron chi connectivity index (χ4n) is 4.05. The standard InChI is InChI=1S/C21H26BrF3N6O2/c1-12-14(3-2-4-16(12)22)9-17-18(31(32)33)19(30-20(26)29-17)27-10-13-5-7-15(8-6-13)28-11-21(23,24)25/h2-4,13,15,28H,5-11H2,1H3,(H3,26,27,29,30)/t13-,15-. The van der Waals surface area contributed by atoms with Crippen LogP contribution < -0.4 is 16.4 Å². The average Bonchev–Trinajstić information content (AvgIpc) is 2.73. The van der Waals surface area contributed by atoms with Crippen LogP contribution in [0.5, 0.6) is 0 Å². The fourth-order valence-corrected chi connectivity index (χ4v) is 4.46. The number of nitrogens with one attached hydrogen (secondary N) is 2. The zero-order valence-corrected chi connectivity index (χ0v) is 19.7. The maximum atomic E-state index is 12.4. The molecule has 0 aliphatic heterocycles. The lowest BCUT2D eigenvalue weighted by molar-refractivity contribution is -0.385. The first-order valence-corrected chi connectivity index (χ1v) is 11.4. The molecule has 0 bridgehead atoms. The second-order valence-corrected chi connectivity index (χ2v) is 9.13. The number of aromatic nitrogens is 2. The maximum absolute atomic E-state index is 12.4. The van der Waals surface area contributed by atoms with Gasteiger partial charge in [-0.3, -0.25) is 10.1 Å². The van der Waals surface area contributed by atoms with Crippen molar-refractivity contribution >= 4 is 33.4 Å². The number of nitrogen functional groups attached to an aromatic ring is 1. The summed E-state index contributed by atoms with van der Waals surface area (Å²) in [5.41, 5.74) is 7.68. The minimum atomic E-state index is -4.23. The highest BCUT2D eigenvalue weighted by Crippen LogP contribution is 2.32. The van der Waals surface area contributed by atoms with Crippen LogP contribution in [-0.2, 0) is 6.42 Å². The van der Waals surface area contributed by atoms with Crippen LogP contribution in [0.15, 0.2) is 22.7 Å². The predicted molar refractivity (Wildman–Crippen MR) is 123 cm³/mol. The van der Waals surface area contributed by atoms with Crippen LogP contribution in [-0.4, -0.2) is 40.2 Å². The molecule has 2 aromatic rings. The molecule has 1 fully saturated rings. The Kier molecular flexibility index (Phi) is 8.11. The summed E-state index contributed by atoms with van der Waals surface area (Å²) in [4.78, 5) is 19.6. The van der Waals surface area contributed by atoms with Crippen molar-refractivity contribution in [3.63, 3.8) is 0 Å². The van der Waals surface area contributed by atoms with E-state index in [1.54, 1.807) is 0 Å². The summed E-state index contributed by atoms with van der Waals surface area (Å²) in [5.74, 6) is 0.166. The average molecular weight is 531 g/mol. The minimum absolute atomic E-state index is 0.0625. The van der Waals surface area contributed by atoms with Gasteiger partial charge in [0.25, 0.3) is 0 Å². The van der Waals surface area contributed by atoms with E-state index in [0.717, 1.165) is 15.6 Å². The van der Waals surface area contributed by atoms with Crippen LogP contribution in [0.4, 0.5) is 30.6 Å². The lowest BCUT2D eigenvalue weighted by atomic mass is 9.86. The van der Waals surface area contributed by atoms with E-state index in [9.17, 15) is 23.3 Å². The quantitative estimate of drug-likeness (QED) is 0.332. The Bertz CT molecular complexity index is 997. The van der Waals surface area contributed by atoms with E-state index in [0.29, 0.717) is 32.2 Å². The molecule has 0 unspecified atom stereocenters. The third kappa shape index (κ3) is 7.00. The molecule has 0 spiro atoms. The van der Waals surface area contributed by atoms with E-state index in [-0.39, 0.29) is 41.5 Å². The van der Waals surface area contributed by atoms with Crippen molar-refractivity contribution in [1.29, 1.82) is 0 Å². The zero-order chi connectivity index (χ0) is 24.2. The van der Waals surface area contributed by atoms with E-state index in [2.05, 4.69) is 36.5 Å². The Morgan fingerprint density at radius 3 is 2.58 bits per heavy atom. The third-order valence-electron chi connectivity index (χ3n) is 5.89. The van der Waals surface area contributed by atoms with E-state index < -0.39 is 17.6 Å². The highest BCUT2D eigenvalue weighted by atomic mass is 79.9. The molecule has 1 aliphatic carbocycles. The van der Waals surface area contributed by atoms with Crippen LogP contribution in [0.25, 0.3) is 0 Å². The molecule has 33 heavy (non-hydrogen) atoms. The van der Waals surface area contributed by atoms with Gasteiger partial charge >= 0.3 is 11.9 Å². The number of rotatable bonds is 8. The monoisotopic (exact) mass is 530 g/mol. The second kappa shape index (κ2) is 10.6. The molecule has 1 heterocycles. The normalized spacial score (nSPS) is 18.8. The van der Waals surface area contributed by atoms with Crippen LogP contribution in [0.2, 0.25) is 0 Å². The second-order valence-electron chi connectivity index (χ2n) is 8.28. The first kappa shape index (κ1) is 25.2. The summed E-state index contributed by atoms with van der Waals surface area (Å²) < 4.78 is 38.1. The summed E-state index contributed by atoms with van der Waals surface area (Å²) in [6, 6.07) is 5.44. The number of hydrogen-bond donors (Lipinski definition) is 3. The van der Waals surface area contributed by atoms with Crippen molar-refractivity contribution < 1.29 is 18.1 Å². The molecule has 1 aromatic heterocycles. The Morgan fingerprint density at radius 2 is 1.94 bits per heavy atom. The first-order valence-electron chi connectivity index (χ1n) is 10.6. The topological polar surface area (TPSA) is 119 Å². The van der Waals surface area contributed by atoms with Crippen LogP contribution in [0, 0.1) is 23.0 Å². The number of nitro groups is 1. The van der Waals surface area contributed by atoms with Gasteiger partial charge < -0.3 is 16.4 Å². The summed E-state index contributed by atoms with van der Waals surface area (Å²) in [5, 5.41) is 17.5. The summed E-state index contributed by atoms with van der Waals surface area (Å²) in [6.45, 7) is 1.33. The SMILES string of the molecule is Cc1c(Br)cccc1Cc1nc(N)nc(NC[C@H]2CC[C@H](NCC(F)(F)F)CC2)c1[N+](=O)[O-]. The molecule has 8 nitrogen and oxygen atoms in total. The van der Waals surface area contributed by atoms with E-state index >= 15 is 0 Å². The molecule has 0 radical (unpaired) electrons. The number of anilines is 2. The number of halogens is 4. The number of nitrogens with zero attached hydrogens (tertiary/aromatic N) is 3. The molecule has 0 amide bonds. The van der Waals surface area contributed by atoms with Gasteiger partial charge in [0.05, 0.1) is 11.5 Å². The molecule has 4 N–H and O–H groups in total. The first-order chi connectivity index (χ1) is 15.5. The third-order valence-corrected chi connectivity index (χ3v) is 6.75. The Morgan fingerprint density at radius 1 is 1.24 bits per heavy atom. The van der Waals surface area contributed by atoms with Gasteiger partial charge in [0.1, 0.15) is 5.69 Å². The van der Waals surface area contributed by atoms with Crippen molar-refractivity contribution in [3.05, 3.63) is 49.6 Å². The van der Waals surface area contributed by atoms with Crippen LogP contribution >= 0.6 is 15.9 Å². The van der Waals surface area contributed by atoms with Crippen molar-refractivity contribution in [2.75, 3.05) is 24.1 Å². The number of alkyl halides is 3. The summed E-state index contributed by atoms with van der Waals surface area (Å²) >= 11 is 3.46. The van der Waals surface area contributed by atoms with Crippen molar-refractivity contribution in [2.24, 2.45) is 5.92 Å². The van der Waals surface area contributed by atoms with Gasteiger partial charge in [-0.15, -0.1) is 0 Å². The van der Waals surface area contributed by atoms with Crippen molar-refractivity contribution in [1.82, 2.24) is 15.3 Å². The Hall–Kier alpha value is -2.47. The molecule has 1 aromatic carbocycles. The highest BCUT2D eigenvalue weighted by Gasteiger charge is 2.30. The smallest absolute Gasteiger partial charge is 0.368 e. The highest BCUT2D eigenvalue weighted by molar-refractivity contribution is 9.10. The largest absolute Gasteiger partial charge is 0.401 e. The van der Waals surface area contributed by atoms with E-state index in [1.807, 2.05) is 25.1 Å². The van der Waals surface area contributed by atoms with Gasteiger partial charge in [-0.1, -0.05) is 28.1 Å². The summed E-state index contributed by atoms with van der Waals surface area (Å²) in [6.07, 6.45) is -1.36. The van der Waals surface area contributed by atoms with Gasteiger partial charge in [-0.2, -0.15) is 18.2 Å². The van der Waals surface area contributed by atoms with Crippen molar-refractivity contribution in [3.8, 4) is 0 Å². The zero-order valence-electron chi connectivity index (χ0n) is 18.1.